The molecule has 20 heavy (non-hydrogen) atoms. The Morgan fingerprint density at radius 2 is 2.35 bits per heavy atom. The van der Waals surface area contributed by atoms with Crippen molar-refractivity contribution < 1.29 is 0 Å². The predicted octanol–water partition coefficient (Wildman–Crippen LogP) is 3.86. The molecule has 6 heteroatoms. The Bertz CT molecular complexity index is 613. The predicted molar refractivity (Wildman–Crippen MR) is 87.7 cm³/mol. The van der Waals surface area contributed by atoms with Crippen molar-refractivity contribution in [1.82, 2.24) is 9.97 Å². The van der Waals surface area contributed by atoms with Crippen molar-refractivity contribution in [1.29, 1.82) is 0 Å². The lowest BCUT2D eigenvalue weighted by Crippen LogP contribution is -2.34. The maximum Gasteiger partial charge on any atom is 0.149 e. The lowest BCUT2D eigenvalue weighted by molar-refractivity contribution is 0.623. The Morgan fingerprint density at radius 1 is 1.50 bits per heavy atom. The molecule has 0 spiro atoms. The molecule has 0 bridgehead atoms. The van der Waals surface area contributed by atoms with Crippen molar-refractivity contribution in [3.8, 4) is 0 Å². The molecule has 2 aromatic rings. The minimum atomic E-state index is 0.352. The molecule has 4 nitrogen and oxygen atoms in total. The van der Waals surface area contributed by atoms with Gasteiger partial charge in [0.2, 0.25) is 0 Å². The monoisotopic (exact) mass is 352 g/mol. The summed E-state index contributed by atoms with van der Waals surface area (Å²) >= 11 is 5.51. The second kappa shape index (κ2) is 5.69. The van der Waals surface area contributed by atoms with Gasteiger partial charge in [0.15, 0.2) is 0 Å². The zero-order valence-electron chi connectivity index (χ0n) is 11.6. The van der Waals surface area contributed by atoms with E-state index < -0.39 is 0 Å². The van der Waals surface area contributed by atoms with E-state index in [1.54, 1.807) is 6.33 Å². The first-order valence-electron chi connectivity index (χ1n) is 6.79. The van der Waals surface area contributed by atoms with Gasteiger partial charge in [-0.15, -0.1) is 11.3 Å². The molecule has 1 aliphatic heterocycles. The third kappa shape index (κ3) is 2.31. The van der Waals surface area contributed by atoms with Gasteiger partial charge in [0.1, 0.15) is 22.4 Å². The number of fused-ring (bicyclic) bond motifs is 1. The van der Waals surface area contributed by atoms with Crippen molar-refractivity contribution >= 4 is 38.9 Å². The second-order valence-corrected chi connectivity index (χ2v) is 6.60. The standard InChI is InChI=1S/C14H17BrN4S/c1-3-16-13-12(15)14(18-8-17-13)19-6-4-11-10(9(19)2)5-7-20-11/h5,7-9H,3-4,6H2,1-2H3,(H,16,17,18). The highest BCUT2D eigenvalue weighted by atomic mass is 79.9. The lowest BCUT2D eigenvalue weighted by atomic mass is 10.0. The van der Waals surface area contributed by atoms with Gasteiger partial charge in [-0.2, -0.15) is 0 Å². The summed E-state index contributed by atoms with van der Waals surface area (Å²) in [4.78, 5) is 12.6. The highest BCUT2D eigenvalue weighted by Gasteiger charge is 2.27. The summed E-state index contributed by atoms with van der Waals surface area (Å²) in [5.41, 5.74) is 1.43. The van der Waals surface area contributed by atoms with E-state index in [1.165, 1.54) is 10.4 Å². The normalized spacial score (nSPS) is 17.9. The first-order valence-corrected chi connectivity index (χ1v) is 8.47. The number of nitrogens with zero attached hydrogens (tertiary/aromatic N) is 3. The number of hydrogen-bond acceptors (Lipinski definition) is 5. The van der Waals surface area contributed by atoms with Crippen LogP contribution < -0.4 is 10.2 Å². The summed E-state index contributed by atoms with van der Waals surface area (Å²) < 4.78 is 0.951. The van der Waals surface area contributed by atoms with Crippen LogP contribution in [0.25, 0.3) is 0 Å². The molecule has 0 amide bonds. The summed E-state index contributed by atoms with van der Waals surface area (Å²) in [6.07, 6.45) is 2.72. The summed E-state index contributed by atoms with van der Waals surface area (Å²) in [6.45, 7) is 6.15. The highest BCUT2D eigenvalue weighted by molar-refractivity contribution is 9.10. The van der Waals surface area contributed by atoms with Crippen LogP contribution in [-0.2, 0) is 6.42 Å². The average Bonchev–Trinajstić information content (AvgIpc) is 2.92. The molecule has 0 fully saturated rings. The SMILES string of the molecule is CCNc1ncnc(N2CCc3sccc3C2C)c1Br. The fourth-order valence-corrected chi connectivity index (χ4v) is 4.19. The topological polar surface area (TPSA) is 41.1 Å². The summed E-state index contributed by atoms with van der Waals surface area (Å²) in [6, 6.07) is 2.59. The molecule has 1 atom stereocenters. The first-order chi connectivity index (χ1) is 9.72. The van der Waals surface area contributed by atoms with E-state index in [0.29, 0.717) is 6.04 Å². The Balaban J connectivity index is 1.96. The Morgan fingerprint density at radius 3 is 3.15 bits per heavy atom. The molecule has 1 N–H and O–H groups in total. The van der Waals surface area contributed by atoms with E-state index in [2.05, 4.69) is 61.4 Å². The van der Waals surface area contributed by atoms with Crippen molar-refractivity contribution in [2.75, 3.05) is 23.3 Å². The molecule has 3 heterocycles. The number of thiophene rings is 1. The Kier molecular flexibility index (Phi) is 3.94. The molecule has 3 rings (SSSR count). The van der Waals surface area contributed by atoms with Crippen LogP contribution in [0, 0.1) is 0 Å². The van der Waals surface area contributed by atoms with Crippen LogP contribution in [0.1, 0.15) is 30.3 Å². The van der Waals surface area contributed by atoms with E-state index in [-0.39, 0.29) is 0 Å². The molecule has 0 aliphatic carbocycles. The third-order valence-corrected chi connectivity index (χ3v) is 5.39. The van der Waals surface area contributed by atoms with Gasteiger partial charge in [-0.25, -0.2) is 9.97 Å². The zero-order valence-corrected chi connectivity index (χ0v) is 14.0. The summed E-state index contributed by atoms with van der Waals surface area (Å²) in [5, 5.41) is 5.45. The molecular formula is C14H17BrN4S. The molecule has 1 aliphatic rings. The highest BCUT2D eigenvalue weighted by Crippen LogP contribution is 2.39. The molecule has 106 valence electrons. The van der Waals surface area contributed by atoms with Crippen LogP contribution in [0.15, 0.2) is 22.2 Å². The fraction of sp³-hybridized carbons (Fsp3) is 0.429. The zero-order chi connectivity index (χ0) is 14.1. The van der Waals surface area contributed by atoms with Crippen LogP contribution in [0.2, 0.25) is 0 Å². The molecular weight excluding hydrogens is 336 g/mol. The van der Waals surface area contributed by atoms with Crippen molar-refractivity contribution in [2.24, 2.45) is 0 Å². The van der Waals surface area contributed by atoms with Gasteiger partial charge in [0.05, 0.1) is 6.04 Å². The van der Waals surface area contributed by atoms with E-state index in [0.717, 1.165) is 35.6 Å². The smallest absolute Gasteiger partial charge is 0.149 e. The van der Waals surface area contributed by atoms with Crippen LogP contribution in [0.5, 0.6) is 0 Å². The third-order valence-electron chi connectivity index (χ3n) is 3.66. The van der Waals surface area contributed by atoms with Crippen molar-refractivity contribution in [3.63, 3.8) is 0 Å². The minimum Gasteiger partial charge on any atom is -0.369 e. The van der Waals surface area contributed by atoms with Gasteiger partial charge in [0.25, 0.3) is 0 Å². The quantitative estimate of drug-likeness (QED) is 0.910. The van der Waals surface area contributed by atoms with Crippen LogP contribution in [0.3, 0.4) is 0 Å². The van der Waals surface area contributed by atoms with Crippen molar-refractivity contribution in [3.05, 3.63) is 32.7 Å². The number of aromatic nitrogens is 2. The van der Waals surface area contributed by atoms with Crippen LogP contribution in [-0.4, -0.2) is 23.1 Å². The average molecular weight is 353 g/mol. The van der Waals surface area contributed by atoms with Gasteiger partial charge in [-0.05, 0) is 53.2 Å². The molecule has 0 aromatic carbocycles. The first kappa shape index (κ1) is 13.8. The Labute approximate surface area is 131 Å². The van der Waals surface area contributed by atoms with Gasteiger partial charge < -0.3 is 10.2 Å². The number of anilines is 2. The van der Waals surface area contributed by atoms with Gasteiger partial charge in [-0.3, -0.25) is 0 Å². The molecule has 0 saturated heterocycles. The fourth-order valence-electron chi connectivity index (χ4n) is 2.65. The maximum absolute atomic E-state index is 4.48. The van der Waals surface area contributed by atoms with Crippen LogP contribution in [0.4, 0.5) is 11.6 Å². The number of rotatable bonds is 3. The summed E-state index contributed by atoms with van der Waals surface area (Å²) in [5.74, 6) is 1.83. The Hall–Kier alpha value is -1.14. The van der Waals surface area contributed by atoms with Crippen LogP contribution >= 0.6 is 27.3 Å². The molecule has 2 aromatic heterocycles. The number of hydrogen-bond donors (Lipinski definition) is 1. The van der Waals surface area contributed by atoms with Gasteiger partial charge in [0, 0.05) is 18.0 Å². The van der Waals surface area contributed by atoms with Gasteiger partial charge >= 0.3 is 0 Å². The minimum absolute atomic E-state index is 0.352. The summed E-state index contributed by atoms with van der Waals surface area (Å²) in [7, 11) is 0. The van der Waals surface area contributed by atoms with E-state index in [1.807, 2.05) is 11.3 Å². The van der Waals surface area contributed by atoms with Gasteiger partial charge in [-0.1, -0.05) is 0 Å². The van der Waals surface area contributed by atoms with E-state index in [4.69, 9.17) is 0 Å². The molecule has 0 saturated carbocycles. The number of nitrogens with one attached hydrogen (secondary N) is 1. The van der Waals surface area contributed by atoms with E-state index >= 15 is 0 Å². The molecule has 1 unspecified atom stereocenters. The maximum atomic E-state index is 4.48. The second-order valence-electron chi connectivity index (χ2n) is 4.81. The number of halogens is 1. The largest absolute Gasteiger partial charge is 0.369 e. The van der Waals surface area contributed by atoms with E-state index in [9.17, 15) is 0 Å². The lowest BCUT2D eigenvalue weighted by Gasteiger charge is -2.35. The molecule has 0 radical (unpaired) electrons. The van der Waals surface area contributed by atoms with Crippen molar-refractivity contribution in [2.45, 2.75) is 26.3 Å².